The van der Waals surface area contributed by atoms with Crippen LogP contribution in [0.2, 0.25) is 0 Å². The lowest BCUT2D eigenvalue weighted by Crippen LogP contribution is -2.47. The molecule has 1 spiro atoms. The number of carbonyl (C=O) groups is 1. The summed E-state index contributed by atoms with van der Waals surface area (Å²) >= 11 is 1.10. The van der Waals surface area contributed by atoms with Gasteiger partial charge in [0.25, 0.3) is 5.91 Å². The molecule has 236 valence electrons. The number of halogens is 3. The SMILES string of the molecule is CN1CCC(c2cc(NC3CC4(CCN(c5ncnc6sc(CC(F)(F)F)cc56)C4)C3)ccc2C(=O)N2CCOCC2)CC1. The van der Waals surface area contributed by atoms with Gasteiger partial charge in [-0.1, -0.05) is 0 Å². The lowest BCUT2D eigenvalue weighted by Gasteiger charge is -2.46. The van der Waals surface area contributed by atoms with Crippen molar-refractivity contribution >= 4 is 39.0 Å². The maximum atomic E-state index is 13.6. The minimum atomic E-state index is -4.24. The molecule has 0 bridgehead atoms. The second-order valence-corrected chi connectivity index (χ2v) is 14.2. The Labute approximate surface area is 259 Å². The van der Waals surface area contributed by atoms with Gasteiger partial charge < -0.3 is 24.8 Å². The average molecular weight is 629 g/mol. The molecule has 4 fully saturated rings. The molecule has 4 aliphatic rings. The Hall–Kier alpha value is -2.96. The maximum Gasteiger partial charge on any atom is 0.393 e. The zero-order valence-electron chi connectivity index (χ0n) is 25.0. The molecule has 0 radical (unpaired) electrons. The number of aromatic nitrogens is 2. The number of nitrogens with one attached hydrogen (secondary N) is 1. The summed E-state index contributed by atoms with van der Waals surface area (Å²) in [6.07, 6.45) is 1.46. The van der Waals surface area contributed by atoms with E-state index in [0.717, 1.165) is 97.6 Å². The third-order valence-corrected chi connectivity index (χ3v) is 11.0. The van der Waals surface area contributed by atoms with E-state index in [9.17, 15) is 18.0 Å². The Morgan fingerprint density at radius 2 is 1.86 bits per heavy atom. The highest BCUT2D eigenvalue weighted by Crippen LogP contribution is 2.50. The summed E-state index contributed by atoms with van der Waals surface area (Å²) < 4.78 is 44.5. The van der Waals surface area contributed by atoms with Gasteiger partial charge in [0.05, 0.1) is 25.0 Å². The maximum absolute atomic E-state index is 13.6. The Kier molecular flexibility index (Phi) is 7.95. The number of anilines is 2. The van der Waals surface area contributed by atoms with Gasteiger partial charge in [-0.05, 0) is 93.4 Å². The van der Waals surface area contributed by atoms with Crippen LogP contribution in [0.15, 0.2) is 30.6 Å². The average Bonchev–Trinajstić information content (AvgIpc) is 3.61. The molecule has 12 heteroatoms. The van der Waals surface area contributed by atoms with Gasteiger partial charge in [-0.2, -0.15) is 13.2 Å². The molecule has 0 atom stereocenters. The highest BCUT2D eigenvalue weighted by molar-refractivity contribution is 7.18. The van der Waals surface area contributed by atoms with E-state index in [1.807, 2.05) is 11.0 Å². The summed E-state index contributed by atoms with van der Waals surface area (Å²) in [4.78, 5) is 29.7. The number of hydrogen-bond donors (Lipinski definition) is 1. The first kappa shape index (κ1) is 29.7. The second kappa shape index (κ2) is 11.8. The van der Waals surface area contributed by atoms with Crippen molar-refractivity contribution in [3.05, 3.63) is 46.6 Å². The normalized spacial score (nSPS) is 25.1. The van der Waals surface area contributed by atoms with Crippen molar-refractivity contribution in [2.24, 2.45) is 5.41 Å². The van der Waals surface area contributed by atoms with Crippen molar-refractivity contribution in [1.82, 2.24) is 19.8 Å². The first-order valence-corrected chi connectivity index (χ1v) is 16.5. The van der Waals surface area contributed by atoms with Crippen molar-refractivity contribution < 1.29 is 22.7 Å². The number of thiophene rings is 1. The third kappa shape index (κ3) is 6.12. The van der Waals surface area contributed by atoms with Crippen molar-refractivity contribution in [3.63, 3.8) is 0 Å². The van der Waals surface area contributed by atoms with Gasteiger partial charge >= 0.3 is 6.18 Å². The first-order chi connectivity index (χ1) is 21.1. The summed E-state index contributed by atoms with van der Waals surface area (Å²) in [6.45, 7) is 6.18. The van der Waals surface area contributed by atoms with Gasteiger partial charge in [-0.25, -0.2) is 9.97 Å². The van der Waals surface area contributed by atoms with E-state index in [4.69, 9.17) is 4.74 Å². The molecule has 0 unspecified atom stereocenters. The lowest BCUT2D eigenvalue weighted by atomic mass is 9.65. The first-order valence-electron chi connectivity index (χ1n) is 15.7. The number of morpholine rings is 1. The van der Waals surface area contributed by atoms with Crippen molar-refractivity contribution in [2.45, 2.75) is 56.7 Å². The van der Waals surface area contributed by atoms with Crippen LogP contribution in [0.25, 0.3) is 10.2 Å². The third-order valence-electron chi connectivity index (χ3n) is 9.94. The highest BCUT2D eigenvalue weighted by atomic mass is 32.1. The van der Waals surface area contributed by atoms with Gasteiger partial charge in [-0.15, -0.1) is 11.3 Å². The predicted molar refractivity (Wildman–Crippen MR) is 166 cm³/mol. The molecule has 1 N–H and O–H groups in total. The van der Waals surface area contributed by atoms with Crippen molar-refractivity contribution in [2.75, 3.05) is 69.7 Å². The fourth-order valence-electron chi connectivity index (χ4n) is 7.64. The fourth-order valence-corrected chi connectivity index (χ4v) is 8.66. The molecule has 3 saturated heterocycles. The summed E-state index contributed by atoms with van der Waals surface area (Å²) in [5.74, 6) is 1.22. The summed E-state index contributed by atoms with van der Waals surface area (Å²) in [7, 11) is 2.16. The molecule has 3 aliphatic heterocycles. The van der Waals surface area contributed by atoms with Crippen molar-refractivity contribution in [3.8, 4) is 0 Å². The standard InChI is InChI=1S/C32H39F3N6O2S/c1-39-7-4-21(5-8-39)26-14-22(2-3-25(26)30(42)40-10-12-43-13-11-40)38-23-16-31(17-23)6-9-41(19-31)28-27-15-24(18-32(33,34)35)44-29(27)37-20-36-28/h2-3,14-15,20-21,23,38H,4-13,16-19H2,1H3. The molecule has 2 aromatic heterocycles. The Balaban J connectivity index is 1.03. The van der Waals surface area contributed by atoms with Gasteiger partial charge in [0.15, 0.2) is 0 Å². The lowest BCUT2D eigenvalue weighted by molar-refractivity contribution is -0.126. The summed E-state index contributed by atoms with van der Waals surface area (Å²) in [6, 6.07) is 8.26. The van der Waals surface area contributed by atoms with E-state index in [1.165, 1.54) is 6.33 Å². The van der Waals surface area contributed by atoms with Crippen LogP contribution in [0.1, 0.15) is 58.8 Å². The molecule has 44 heavy (non-hydrogen) atoms. The van der Waals surface area contributed by atoms with Crippen LogP contribution in [0.4, 0.5) is 24.7 Å². The number of benzene rings is 1. The quantitative estimate of drug-likeness (QED) is 0.384. The zero-order valence-corrected chi connectivity index (χ0v) is 25.9. The molecule has 1 aromatic carbocycles. The zero-order chi connectivity index (χ0) is 30.5. The smallest absolute Gasteiger partial charge is 0.382 e. The Morgan fingerprint density at radius 1 is 1.09 bits per heavy atom. The van der Waals surface area contributed by atoms with E-state index >= 15 is 0 Å². The van der Waals surface area contributed by atoms with E-state index < -0.39 is 12.6 Å². The Morgan fingerprint density at radius 3 is 2.61 bits per heavy atom. The number of ether oxygens (including phenoxy) is 1. The molecule has 7 rings (SSSR count). The van der Waals surface area contributed by atoms with Crippen LogP contribution in [0.5, 0.6) is 0 Å². The summed E-state index contributed by atoms with van der Waals surface area (Å²) in [5, 5.41) is 4.49. The van der Waals surface area contributed by atoms with Gasteiger partial charge in [0, 0.05) is 48.3 Å². The molecule has 1 amide bonds. The van der Waals surface area contributed by atoms with E-state index in [0.29, 0.717) is 43.1 Å². The number of fused-ring (bicyclic) bond motifs is 1. The largest absolute Gasteiger partial charge is 0.393 e. The number of rotatable bonds is 6. The number of amides is 1. The molecule has 1 saturated carbocycles. The topological polar surface area (TPSA) is 73.8 Å². The van der Waals surface area contributed by atoms with Gasteiger partial charge in [0.2, 0.25) is 0 Å². The number of alkyl halides is 3. The molecule has 5 heterocycles. The number of piperidine rings is 1. The highest BCUT2D eigenvalue weighted by Gasteiger charge is 2.49. The van der Waals surface area contributed by atoms with Crippen LogP contribution in [0.3, 0.4) is 0 Å². The molecular weight excluding hydrogens is 589 g/mol. The van der Waals surface area contributed by atoms with Crippen LogP contribution in [-0.2, 0) is 11.2 Å². The number of hydrogen-bond acceptors (Lipinski definition) is 8. The number of nitrogens with zero attached hydrogens (tertiary/aromatic N) is 5. The Bertz CT molecular complexity index is 1510. The van der Waals surface area contributed by atoms with E-state index in [2.05, 4.69) is 44.3 Å². The van der Waals surface area contributed by atoms with Gasteiger partial charge in [0.1, 0.15) is 17.0 Å². The molecule has 1 aliphatic carbocycles. The molecular formula is C32H39F3N6O2S. The van der Waals surface area contributed by atoms with E-state index in [-0.39, 0.29) is 16.2 Å². The van der Waals surface area contributed by atoms with Crippen LogP contribution >= 0.6 is 11.3 Å². The predicted octanol–water partition coefficient (Wildman–Crippen LogP) is 5.55. The molecule has 3 aromatic rings. The minimum Gasteiger partial charge on any atom is -0.382 e. The molecule has 8 nitrogen and oxygen atoms in total. The number of likely N-dealkylation sites (tertiary alicyclic amines) is 1. The van der Waals surface area contributed by atoms with Crippen LogP contribution < -0.4 is 10.2 Å². The van der Waals surface area contributed by atoms with Crippen LogP contribution in [0, 0.1) is 5.41 Å². The van der Waals surface area contributed by atoms with Crippen LogP contribution in [-0.4, -0.2) is 97.4 Å². The summed E-state index contributed by atoms with van der Waals surface area (Å²) in [5.41, 5.74) is 3.23. The monoisotopic (exact) mass is 628 g/mol. The van der Waals surface area contributed by atoms with E-state index in [1.54, 1.807) is 6.07 Å². The number of carbonyl (C=O) groups excluding carboxylic acids is 1. The van der Waals surface area contributed by atoms with Crippen molar-refractivity contribution in [1.29, 1.82) is 0 Å². The second-order valence-electron chi connectivity index (χ2n) is 13.1. The minimum absolute atomic E-state index is 0.109. The van der Waals surface area contributed by atoms with Gasteiger partial charge in [-0.3, -0.25) is 4.79 Å². The fraction of sp³-hybridized carbons (Fsp3) is 0.594.